The van der Waals surface area contributed by atoms with Crippen LogP contribution in [-0.2, 0) is 6.54 Å². The van der Waals surface area contributed by atoms with Gasteiger partial charge < -0.3 is 25.5 Å². The lowest BCUT2D eigenvalue weighted by Crippen LogP contribution is -2.33. The summed E-state index contributed by atoms with van der Waals surface area (Å²) in [5.41, 5.74) is 2.72. The molecule has 0 bridgehead atoms. The van der Waals surface area contributed by atoms with Crippen molar-refractivity contribution in [2.75, 3.05) is 23.4 Å². The molecule has 1 aliphatic heterocycles. The molecular formula is C23H31ClN6O3. The normalized spacial score (nSPS) is 16.5. The molecule has 10 heteroatoms. The van der Waals surface area contributed by atoms with E-state index in [2.05, 4.69) is 33.0 Å². The lowest BCUT2D eigenvalue weighted by Gasteiger charge is -2.23. The Balaban J connectivity index is 1.84. The summed E-state index contributed by atoms with van der Waals surface area (Å²) in [6, 6.07) is 2.89. The van der Waals surface area contributed by atoms with E-state index >= 15 is 0 Å². The summed E-state index contributed by atoms with van der Waals surface area (Å²) < 4.78 is 1.98. The van der Waals surface area contributed by atoms with E-state index in [-0.39, 0.29) is 47.7 Å². The molecule has 3 aromatic rings. The van der Waals surface area contributed by atoms with E-state index in [4.69, 9.17) is 26.7 Å². The molecule has 0 radical (unpaired) electrons. The number of nitrogens with one attached hydrogen (secondary N) is 1. The summed E-state index contributed by atoms with van der Waals surface area (Å²) in [6.07, 6.45) is 1.85. The number of anilines is 2. The van der Waals surface area contributed by atoms with Gasteiger partial charge in [-0.1, -0.05) is 25.4 Å². The molecule has 1 atom stereocenters. The van der Waals surface area contributed by atoms with Crippen LogP contribution in [0.3, 0.4) is 0 Å². The van der Waals surface area contributed by atoms with Crippen molar-refractivity contribution in [3.63, 3.8) is 0 Å². The number of nitrogens with zero attached hydrogens (tertiary/aromatic N) is 5. The van der Waals surface area contributed by atoms with E-state index in [0.717, 1.165) is 30.6 Å². The van der Waals surface area contributed by atoms with Crippen molar-refractivity contribution >= 4 is 34.4 Å². The zero-order chi connectivity index (χ0) is 23.9. The summed E-state index contributed by atoms with van der Waals surface area (Å²) in [6.45, 7) is 9.30. The predicted molar refractivity (Wildman–Crippen MR) is 129 cm³/mol. The van der Waals surface area contributed by atoms with E-state index in [1.807, 2.05) is 9.58 Å². The van der Waals surface area contributed by atoms with Crippen molar-refractivity contribution < 1.29 is 15.3 Å². The minimum absolute atomic E-state index is 0.0257. The highest BCUT2D eigenvalue weighted by Gasteiger charge is 2.29. The van der Waals surface area contributed by atoms with Gasteiger partial charge in [0.15, 0.2) is 11.3 Å². The van der Waals surface area contributed by atoms with Crippen LogP contribution in [-0.4, -0.2) is 54.3 Å². The summed E-state index contributed by atoms with van der Waals surface area (Å²) in [7, 11) is 0. The number of hydrogen-bond acceptors (Lipinski definition) is 8. The smallest absolute Gasteiger partial charge is 0.228 e. The van der Waals surface area contributed by atoms with Gasteiger partial charge in [-0.15, -0.1) is 0 Å². The number of aliphatic hydroxyl groups excluding tert-OH is 1. The summed E-state index contributed by atoms with van der Waals surface area (Å²) in [5.74, 6) is 1.02. The molecular weight excluding hydrogens is 444 g/mol. The van der Waals surface area contributed by atoms with Gasteiger partial charge >= 0.3 is 0 Å². The molecule has 0 saturated carbocycles. The molecule has 0 spiro atoms. The van der Waals surface area contributed by atoms with Gasteiger partial charge in [-0.25, -0.2) is 4.98 Å². The Morgan fingerprint density at radius 3 is 2.42 bits per heavy atom. The molecule has 1 aromatic carbocycles. The van der Waals surface area contributed by atoms with Gasteiger partial charge in [0.2, 0.25) is 5.95 Å². The third-order valence-corrected chi connectivity index (χ3v) is 6.27. The van der Waals surface area contributed by atoms with Crippen molar-refractivity contribution in [2.24, 2.45) is 0 Å². The van der Waals surface area contributed by atoms with E-state index in [1.165, 1.54) is 12.1 Å². The number of phenolic OH excluding ortho intramolecular Hbond substituents is 2. The fourth-order valence-corrected chi connectivity index (χ4v) is 4.63. The molecule has 1 aliphatic rings. The van der Waals surface area contributed by atoms with Crippen LogP contribution < -0.4 is 10.2 Å². The molecule has 0 amide bonds. The molecule has 3 heterocycles. The Labute approximate surface area is 198 Å². The first-order valence-corrected chi connectivity index (χ1v) is 11.7. The first-order valence-electron chi connectivity index (χ1n) is 11.3. The molecule has 2 aromatic heterocycles. The van der Waals surface area contributed by atoms with Crippen LogP contribution >= 0.6 is 11.6 Å². The van der Waals surface area contributed by atoms with Gasteiger partial charge in [0.05, 0.1) is 23.9 Å². The van der Waals surface area contributed by atoms with Crippen molar-refractivity contribution in [2.45, 2.75) is 65.1 Å². The Hall–Kier alpha value is -2.78. The standard InChI is InChI=1S/C23H31ClN6O3/c1-12(2)21-19-20(28-30(21)13(3)4)22(25-10-16-17(32)8-14(24)9-18(16)33)27-23(26-19)29-7-5-6-15(29)11-31/h8-9,12-13,15,31-33H,5-7,10-11H2,1-4H3,(H,25,26,27)/t15-/m1/s1. The number of benzene rings is 1. The highest BCUT2D eigenvalue weighted by molar-refractivity contribution is 6.30. The number of fused-ring (bicyclic) bond motifs is 1. The molecule has 0 unspecified atom stereocenters. The molecule has 0 aliphatic carbocycles. The summed E-state index contributed by atoms with van der Waals surface area (Å²) >= 11 is 5.92. The molecule has 33 heavy (non-hydrogen) atoms. The van der Waals surface area contributed by atoms with Crippen LogP contribution in [0.15, 0.2) is 12.1 Å². The number of halogens is 1. The predicted octanol–water partition coefficient (Wildman–Crippen LogP) is 4.17. The highest BCUT2D eigenvalue weighted by atomic mass is 35.5. The average Bonchev–Trinajstić information content (AvgIpc) is 3.37. The fraction of sp³-hybridized carbons (Fsp3) is 0.522. The van der Waals surface area contributed by atoms with E-state index < -0.39 is 0 Å². The second-order valence-corrected chi connectivity index (χ2v) is 9.53. The quantitative estimate of drug-likeness (QED) is 0.402. The third kappa shape index (κ3) is 4.39. The lowest BCUT2D eigenvalue weighted by atomic mass is 10.1. The molecule has 178 valence electrons. The van der Waals surface area contributed by atoms with Crippen molar-refractivity contribution in [3.8, 4) is 11.5 Å². The Kier molecular flexibility index (Phi) is 6.54. The Bertz CT molecular complexity index is 1140. The number of rotatable bonds is 7. The second-order valence-electron chi connectivity index (χ2n) is 9.10. The van der Waals surface area contributed by atoms with Gasteiger partial charge in [-0.2, -0.15) is 10.1 Å². The molecule has 1 fully saturated rings. The Morgan fingerprint density at radius 2 is 1.82 bits per heavy atom. The monoisotopic (exact) mass is 474 g/mol. The maximum absolute atomic E-state index is 10.3. The number of hydrogen-bond donors (Lipinski definition) is 4. The van der Waals surface area contributed by atoms with Gasteiger partial charge in [0.25, 0.3) is 0 Å². The van der Waals surface area contributed by atoms with E-state index in [0.29, 0.717) is 22.8 Å². The molecule has 4 N–H and O–H groups in total. The maximum atomic E-state index is 10.3. The molecule has 9 nitrogen and oxygen atoms in total. The summed E-state index contributed by atoms with van der Waals surface area (Å²) in [4.78, 5) is 11.7. The second kappa shape index (κ2) is 9.23. The van der Waals surface area contributed by atoms with E-state index in [9.17, 15) is 15.3 Å². The first kappa shape index (κ1) is 23.4. The molecule has 1 saturated heterocycles. The lowest BCUT2D eigenvalue weighted by molar-refractivity contribution is 0.265. The fourth-order valence-electron chi connectivity index (χ4n) is 4.42. The molecule has 4 rings (SSSR count). The van der Waals surface area contributed by atoms with E-state index in [1.54, 1.807) is 0 Å². The highest BCUT2D eigenvalue weighted by Crippen LogP contribution is 2.35. The largest absolute Gasteiger partial charge is 0.507 e. The number of aliphatic hydroxyl groups is 1. The third-order valence-electron chi connectivity index (χ3n) is 6.05. The average molecular weight is 475 g/mol. The van der Waals surface area contributed by atoms with Crippen molar-refractivity contribution in [1.82, 2.24) is 19.7 Å². The maximum Gasteiger partial charge on any atom is 0.228 e. The van der Waals surface area contributed by atoms with Crippen LogP contribution in [0.2, 0.25) is 5.02 Å². The SMILES string of the molecule is CC(C)c1c2nc(N3CCC[C@@H]3CO)nc(NCc3c(O)cc(Cl)cc3O)c2nn1C(C)C. The first-order chi connectivity index (χ1) is 15.7. The van der Waals surface area contributed by atoms with Crippen LogP contribution in [0.4, 0.5) is 11.8 Å². The number of aromatic nitrogens is 4. The van der Waals surface area contributed by atoms with Crippen molar-refractivity contribution in [1.29, 1.82) is 0 Å². The van der Waals surface area contributed by atoms with Gasteiger partial charge in [0.1, 0.15) is 17.0 Å². The van der Waals surface area contributed by atoms with Gasteiger partial charge in [-0.05, 0) is 44.7 Å². The summed E-state index contributed by atoms with van der Waals surface area (Å²) in [5, 5.41) is 38.7. The van der Waals surface area contributed by atoms with Crippen LogP contribution in [0, 0.1) is 0 Å². The number of phenols is 2. The van der Waals surface area contributed by atoms with Crippen LogP contribution in [0.5, 0.6) is 11.5 Å². The van der Waals surface area contributed by atoms with Crippen LogP contribution in [0.1, 0.15) is 63.8 Å². The topological polar surface area (TPSA) is 120 Å². The minimum atomic E-state index is -0.103. The Morgan fingerprint density at radius 1 is 1.12 bits per heavy atom. The zero-order valence-corrected chi connectivity index (χ0v) is 20.1. The zero-order valence-electron chi connectivity index (χ0n) is 19.4. The van der Waals surface area contributed by atoms with Gasteiger partial charge in [-0.3, -0.25) is 4.68 Å². The van der Waals surface area contributed by atoms with Crippen LogP contribution in [0.25, 0.3) is 11.0 Å². The van der Waals surface area contributed by atoms with Gasteiger partial charge in [0, 0.05) is 24.2 Å². The van der Waals surface area contributed by atoms with Crippen molar-refractivity contribution in [3.05, 3.63) is 28.4 Å². The minimum Gasteiger partial charge on any atom is -0.507 e. The number of aromatic hydroxyl groups is 2.